The van der Waals surface area contributed by atoms with Crippen LogP contribution < -0.4 is 16.0 Å². The van der Waals surface area contributed by atoms with Crippen molar-refractivity contribution in [2.45, 2.75) is 13.8 Å². The molecule has 24 heavy (non-hydrogen) atoms. The summed E-state index contributed by atoms with van der Waals surface area (Å²) in [4.78, 5) is 23.8. The van der Waals surface area contributed by atoms with Crippen LogP contribution in [0.3, 0.4) is 0 Å². The van der Waals surface area contributed by atoms with E-state index in [1.54, 1.807) is 0 Å². The van der Waals surface area contributed by atoms with E-state index in [0.29, 0.717) is 34.3 Å². The van der Waals surface area contributed by atoms with Crippen molar-refractivity contribution in [1.82, 2.24) is 15.0 Å². The Kier molecular flexibility index (Phi) is 3.31. The second-order valence-electron chi connectivity index (χ2n) is 5.59. The standard InChI is InChI=1S/C17H16N4O2S/c1-3-23-11-7-24-17-12(11)14(18)13(16(22)21-17)15-19-9-5-4-8(2)6-10(9)20-15/h4-7H,3H2,1-2H3,(H,19,20)(H3,18,21,22). The van der Waals surface area contributed by atoms with E-state index < -0.39 is 0 Å². The predicted molar refractivity (Wildman–Crippen MR) is 97.9 cm³/mol. The van der Waals surface area contributed by atoms with Gasteiger partial charge in [0.25, 0.3) is 5.56 Å². The third-order valence-electron chi connectivity index (χ3n) is 3.92. The normalized spacial score (nSPS) is 11.4. The van der Waals surface area contributed by atoms with Gasteiger partial charge in [-0.3, -0.25) is 4.79 Å². The maximum absolute atomic E-state index is 12.5. The fraction of sp³-hybridized carbons (Fsp3) is 0.176. The number of benzene rings is 1. The minimum absolute atomic E-state index is 0.263. The number of ether oxygens (including phenoxy) is 1. The van der Waals surface area contributed by atoms with Crippen molar-refractivity contribution < 1.29 is 4.74 Å². The number of anilines is 1. The Morgan fingerprint density at radius 3 is 2.96 bits per heavy atom. The first kappa shape index (κ1) is 14.8. The molecule has 0 saturated heterocycles. The fourth-order valence-corrected chi connectivity index (χ4v) is 3.73. The number of nitrogen functional groups attached to an aromatic ring is 1. The van der Waals surface area contributed by atoms with E-state index in [1.807, 2.05) is 37.4 Å². The first-order valence-corrected chi connectivity index (χ1v) is 8.49. The number of rotatable bonds is 3. The largest absolute Gasteiger partial charge is 0.492 e. The highest BCUT2D eigenvalue weighted by Gasteiger charge is 2.19. The van der Waals surface area contributed by atoms with Crippen LogP contribution in [-0.2, 0) is 0 Å². The van der Waals surface area contributed by atoms with E-state index in [9.17, 15) is 4.79 Å². The molecule has 0 aliphatic heterocycles. The van der Waals surface area contributed by atoms with E-state index >= 15 is 0 Å². The Morgan fingerprint density at radius 1 is 1.33 bits per heavy atom. The summed E-state index contributed by atoms with van der Waals surface area (Å²) in [6, 6.07) is 5.89. The average molecular weight is 340 g/mol. The minimum atomic E-state index is -0.263. The topological polar surface area (TPSA) is 96.8 Å². The van der Waals surface area contributed by atoms with Crippen molar-refractivity contribution in [3.63, 3.8) is 0 Å². The van der Waals surface area contributed by atoms with Crippen molar-refractivity contribution in [3.05, 3.63) is 39.5 Å². The van der Waals surface area contributed by atoms with E-state index in [1.165, 1.54) is 11.3 Å². The molecule has 0 saturated carbocycles. The van der Waals surface area contributed by atoms with E-state index in [0.717, 1.165) is 22.0 Å². The van der Waals surface area contributed by atoms with Gasteiger partial charge in [-0.25, -0.2) is 4.98 Å². The highest BCUT2D eigenvalue weighted by atomic mass is 32.1. The molecule has 0 unspecified atom stereocenters. The number of pyridine rings is 1. The van der Waals surface area contributed by atoms with Crippen LogP contribution in [0.4, 0.5) is 5.69 Å². The maximum atomic E-state index is 12.5. The highest BCUT2D eigenvalue weighted by molar-refractivity contribution is 7.17. The molecule has 0 aliphatic carbocycles. The van der Waals surface area contributed by atoms with Crippen LogP contribution in [-0.4, -0.2) is 21.6 Å². The van der Waals surface area contributed by atoms with Gasteiger partial charge < -0.3 is 20.4 Å². The molecule has 3 heterocycles. The molecule has 0 spiro atoms. The zero-order valence-corrected chi connectivity index (χ0v) is 14.1. The lowest BCUT2D eigenvalue weighted by atomic mass is 10.1. The molecule has 3 aromatic heterocycles. The van der Waals surface area contributed by atoms with Gasteiger partial charge in [-0.1, -0.05) is 6.07 Å². The number of H-pyrrole nitrogens is 2. The molecule has 4 rings (SSSR count). The van der Waals surface area contributed by atoms with Crippen LogP contribution in [0.2, 0.25) is 0 Å². The van der Waals surface area contributed by atoms with Crippen LogP contribution in [0.5, 0.6) is 5.75 Å². The Balaban J connectivity index is 2.00. The smallest absolute Gasteiger partial charge is 0.262 e. The van der Waals surface area contributed by atoms with E-state index in [4.69, 9.17) is 10.5 Å². The van der Waals surface area contributed by atoms with Crippen LogP contribution in [0.15, 0.2) is 28.4 Å². The summed E-state index contributed by atoms with van der Waals surface area (Å²) in [7, 11) is 0. The summed E-state index contributed by atoms with van der Waals surface area (Å²) in [5.41, 5.74) is 9.58. The molecule has 7 heteroatoms. The zero-order valence-electron chi connectivity index (χ0n) is 13.3. The molecule has 0 atom stereocenters. The molecule has 4 aromatic rings. The molecule has 1 aromatic carbocycles. The SMILES string of the molecule is CCOc1csc2[nH]c(=O)c(-c3nc4ccc(C)cc4[nH]3)c(N)c12. The second-order valence-corrected chi connectivity index (χ2v) is 6.47. The second kappa shape index (κ2) is 5.38. The minimum Gasteiger partial charge on any atom is -0.492 e. The number of hydrogen-bond acceptors (Lipinski definition) is 5. The summed E-state index contributed by atoms with van der Waals surface area (Å²) in [6.07, 6.45) is 0. The lowest BCUT2D eigenvalue weighted by Crippen LogP contribution is -2.12. The van der Waals surface area contributed by atoms with E-state index in [2.05, 4.69) is 15.0 Å². The molecular formula is C17H16N4O2S. The van der Waals surface area contributed by atoms with Crippen molar-refractivity contribution in [2.24, 2.45) is 0 Å². The predicted octanol–water partition coefficient (Wildman–Crippen LogP) is 3.42. The number of aryl methyl sites for hydroxylation is 1. The average Bonchev–Trinajstić information content (AvgIpc) is 3.11. The molecule has 4 N–H and O–H groups in total. The number of imidazole rings is 1. The monoisotopic (exact) mass is 340 g/mol. The van der Waals surface area contributed by atoms with Gasteiger partial charge in [-0.05, 0) is 31.5 Å². The summed E-state index contributed by atoms with van der Waals surface area (Å²) >= 11 is 1.40. The number of fused-ring (bicyclic) bond motifs is 2. The first-order chi connectivity index (χ1) is 11.6. The number of nitrogens with zero attached hydrogens (tertiary/aromatic N) is 1. The van der Waals surface area contributed by atoms with Gasteiger partial charge in [0, 0.05) is 5.38 Å². The summed E-state index contributed by atoms with van der Waals surface area (Å²) in [5, 5.41) is 2.58. The summed E-state index contributed by atoms with van der Waals surface area (Å²) in [5.74, 6) is 1.14. The lowest BCUT2D eigenvalue weighted by molar-refractivity contribution is 0.345. The lowest BCUT2D eigenvalue weighted by Gasteiger charge is -2.06. The quantitative estimate of drug-likeness (QED) is 0.532. The van der Waals surface area contributed by atoms with Gasteiger partial charge in [-0.2, -0.15) is 0 Å². The van der Waals surface area contributed by atoms with Gasteiger partial charge >= 0.3 is 0 Å². The zero-order chi connectivity index (χ0) is 16.8. The summed E-state index contributed by atoms with van der Waals surface area (Å²) < 4.78 is 5.62. The third-order valence-corrected chi connectivity index (χ3v) is 4.80. The molecule has 6 nitrogen and oxygen atoms in total. The van der Waals surface area contributed by atoms with Gasteiger partial charge in [0.05, 0.1) is 28.7 Å². The number of aromatic nitrogens is 3. The fourth-order valence-electron chi connectivity index (χ4n) is 2.84. The van der Waals surface area contributed by atoms with Gasteiger partial charge in [0.1, 0.15) is 22.0 Å². The van der Waals surface area contributed by atoms with Crippen LogP contribution in [0.1, 0.15) is 12.5 Å². The van der Waals surface area contributed by atoms with E-state index in [-0.39, 0.29) is 5.56 Å². The van der Waals surface area contributed by atoms with Gasteiger partial charge in [0.15, 0.2) is 0 Å². The molecule has 0 aliphatic rings. The van der Waals surface area contributed by atoms with Gasteiger partial charge in [0.2, 0.25) is 0 Å². The molecular weight excluding hydrogens is 324 g/mol. The van der Waals surface area contributed by atoms with Crippen LogP contribution >= 0.6 is 11.3 Å². The van der Waals surface area contributed by atoms with Gasteiger partial charge in [-0.15, -0.1) is 11.3 Å². The molecule has 122 valence electrons. The van der Waals surface area contributed by atoms with Crippen molar-refractivity contribution >= 4 is 38.3 Å². The Bertz CT molecular complexity index is 1120. The van der Waals surface area contributed by atoms with Crippen molar-refractivity contribution in [1.29, 1.82) is 0 Å². The third kappa shape index (κ3) is 2.16. The number of aromatic amines is 2. The van der Waals surface area contributed by atoms with Crippen molar-refractivity contribution in [2.75, 3.05) is 12.3 Å². The number of nitrogens with two attached hydrogens (primary N) is 1. The van der Waals surface area contributed by atoms with Crippen LogP contribution in [0, 0.1) is 6.92 Å². The summed E-state index contributed by atoms with van der Waals surface area (Å²) in [6.45, 7) is 4.45. The molecule has 0 amide bonds. The number of thiophene rings is 1. The Morgan fingerprint density at radius 2 is 2.17 bits per heavy atom. The van der Waals surface area contributed by atoms with Crippen molar-refractivity contribution in [3.8, 4) is 17.1 Å². The van der Waals surface area contributed by atoms with Crippen LogP contribution in [0.25, 0.3) is 32.6 Å². The Hall–Kier alpha value is -2.80. The first-order valence-electron chi connectivity index (χ1n) is 7.61. The number of nitrogens with one attached hydrogen (secondary N) is 2. The molecule has 0 bridgehead atoms. The molecule has 0 fully saturated rings. The molecule has 0 radical (unpaired) electrons. The highest BCUT2D eigenvalue weighted by Crippen LogP contribution is 2.38. The number of hydrogen-bond donors (Lipinski definition) is 3. The maximum Gasteiger partial charge on any atom is 0.262 e. The Labute approximate surface area is 141 Å².